The number of carbonyl (C=O) groups excluding carboxylic acids is 1. The van der Waals surface area contributed by atoms with Crippen molar-refractivity contribution in [1.82, 2.24) is 25.3 Å². The number of anilines is 1. The van der Waals surface area contributed by atoms with Gasteiger partial charge in [0.1, 0.15) is 5.75 Å². The van der Waals surface area contributed by atoms with Gasteiger partial charge in [-0.2, -0.15) is 4.98 Å². The molecule has 1 amide bonds. The van der Waals surface area contributed by atoms with Gasteiger partial charge in [0.25, 0.3) is 0 Å². The van der Waals surface area contributed by atoms with Gasteiger partial charge in [0.05, 0.1) is 13.0 Å². The number of carbonyl (C=O) groups is 1. The van der Waals surface area contributed by atoms with Crippen molar-refractivity contribution < 1.29 is 14.1 Å². The topological polar surface area (TPSA) is 87.0 Å². The van der Waals surface area contributed by atoms with E-state index in [2.05, 4.69) is 55.6 Å². The average molecular weight is 519 g/mol. The van der Waals surface area contributed by atoms with Crippen LogP contribution < -0.4 is 15.0 Å². The monoisotopic (exact) mass is 518 g/mol. The predicted octanol–water partition coefficient (Wildman–Crippen LogP) is 3.29. The summed E-state index contributed by atoms with van der Waals surface area (Å²) in [5, 5.41) is 7.31. The quantitative estimate of drug-likeness (QED) is 0.409. The van der Waals surface area contributed by atoms with Crippen LogP contribution in [0.2, 0.25) is 0 Å². The molecule has 0 bridgehead atoms. The predicted molar refractivity (Wildman–Crippen MR) is 147 cm³/mol. The molecule has 1 aromatic heterocycles. The number of ether oxygens (including phenoxy) is 1. The van der Waals surface area contributed by atoms with Gasteiger partial charge in [-0.3, -0.25) is 9.69 Å². The van der Waals surface area contributed by atoms with Gasteiger partial charge in [0, 0.05) is 57.9 Å². The SMILES string of the molecule is COc1ccc(-c2noc(N3CCC[C@@H](C(=O)NCCCN4CCN(Cc5ccccc5)CC4)C3)n2)cc1. The van der Waals surface area contributed by atoms with Crippen LogP contribution in [-0.4, -0.2) is 85.3 Å². The number of nitrogens with zero attached hydrogens (tertiary/aromatic N) is 5. The van der Waals surface area contributed by atoms with Crippen LogP contribution in [0.25, 0.3) is 11.4 Å². The second kappa shape index (κ2) is 12.9. The van der Waals surface area contributed by atoms with Crippen molar-refractivity contribution in [3.63, 3.8) is 0 Å². The van der Waals surface area contributed by atoms with E-state index < -0.39 is 0 Å². The zero-order valence-corrected chi connectivity index (χ0v) is 22.2. The molecule has 2 aliphatic heterocycles. The van der Waals surface area contributed by atoms with E-state index in [9.17, 15) is 4.79 Å². The Morgan fingerprint density at radius 3 is 2.55 bits per heavy atom. The minimum atomic E-state index is -0.0679. The third-order valence-electron chi connectivity index (χ3n) is 7.49. The number of nitrogens with one attached hydrogen (secondary N) is 1. The lowest BCUT2D eigenvalue weighted by atomic mass is 9.97. The maximum atomic E-state index is 12.9. The van der Waals surface area contributed by atoms with Gasteiger partial charge in [-0.15, -0.1) is 0 Å². The van der Waals surface area contributed by atoms with Crippen molar-refractivity contribution in [3.05, 3.63) is 60.2 Å². The van der Waals surface area contributed by atoms with E-state index in [0.29, 0.717) is 24.9 Å². The highest BCUT2D eigenvalue weighted by Crippen LogP contribution is 2.26. The van der Waals surface area contributed by atoms with Crippen LogP contribution in [0.1, 0.15) is 24.8 Å². The molecule has 3 aromatic rings. The van der Waals surface area contributed by atoms with Crippen LogP contribution in [0.4, 0.5) is 6.01 Å². The highest BCUT2D eigenvalue weighted by molar-refractivity contribution is 5.79. The first-order valence-electron chi connectivity index (χ1n) is 13.7. The Balaban J connectivity index is 1.01. The molecule has 1 atom stereocenters. The molecule has 38 heavy (non-hydrogen) atoms. The van der Waals surface area contributed by atoms with Gasteiger partial charge in [-0.05, 0) is 55.6 Å². The Morgan fingerprint density at radius 1 is 1.03 bits per heavy atom. The van der Waals surface area contributed by atoms with Crippen LogP contribution in [0.3, 0.4) is 0 Å². The second-order valence-corrected chi connectivity index (χ2v) is 10.2. The largest absolute Gasteiger partial charge is 0.497 e. The fourth-order valence-corrected chi connectivity index (χ4v) is 5.24. The molecule has 0 radical (unpaired) electrons. The molecule has 1 N–H and O–H groups in total. The van der Waals surface area contributed by atoms with E-state index in [0.717, 1.165) is 76.4 Å². The highest BCUT2D eigenvalue weighted by Gasteiger charge is 2.28. The molecule has 9 heteroatoms. The Kier molecular flexibility index (Phi) is 8.88. The summed E-state index contributed by atoms with van der Waals surface area (Å²) in [5.74, 6) is 1.37. The molecule has 3 heterocycles. The van der Waals surface area contributed by atoms with Crippen molar-refractivity contribution >= 4 is 11.9 Å². The maximum Gasteiger partial charge on any atom is 0.324 e. The molecular formula is C29H38N6O3. The molecule has 5 rings (SSSR count). The van der Waals surface area contributed by atoms with Crippen LogP contribution >= 0.6 is 0 Å². The summed E-state index contributed by atoms with van der Waals surface area (Å²) in [6.45, 7) is 8.51. The summed E-state index contributed by atoms with van der Waals surface area (Å²) >= 11 is 0. The molecule has 2 aliphatic rings. The van der Waals surface area contributed by atoms with E-state index in [1.54, 1.807) is 7.11 Å². The fraction of sp³-hybridized carbons (Fsp3) is 0.483. The van der Waals surface area contributed by atoms with Gasteiger partial charge in [-0.25, -0.2) is 0 Å². The van der Waals surface area contributed by atoms with Crippen molar-refractivity contribution in [1.29, 1.82) is 0 Å². The van der Waals surface area contributed by atoms with Crippen molar-refractivity contribution in [2.75, 3.05) is 64.4 Å². The number of rotatable bonds is 10. The first-order chi connectivity index (χ1) is 18.7. The van der Waals surface area contributed by atoms with Gasteiger partial charge < -0.3 is 24.4 Å². The zero-order chi connectivity index (χ0) is 26.2. The van der Waals surface area contributed by atoms with Crippen molar-refractivity contribution in [3.8, 4) is 17.1 Å². The standard InChI is InChI=1S/C29H38N6O3/c1-37-26-12-10-24(11-13-26)27-31-29(38-32-27)35-16-5-9-25(22-35)28(36)30-14-6-15-33-17-19-34(20-18-33)21-23-7-3-2-4-8-23/h2-4,7-8,10-13,25H,5-6,9,14-22H2,1H3,(H,30,36)/t25-/m1/s1. The van der Waals surface area contributed by atoms with Gasteiger partial charge in [0.2, 0.25) is 11.7 Å². The molecule has 2 fully saturated rings. The number of aromatic nitrogens is 2. The molecule has 2 saturated heterocycles. The number of benzene rings is 2. The summed E-state index contributed by atoms with van der Waals surface area (Å²) < 4.78 is 10.8. The van der Waals surface area contributed by atoms with Gasteiger partial charge in [0.15, 0.2) is 0 Å². The molecule has 0 aliphatic carbocycles. The van der Waals surface area contributed by atoms with E-state index in [4.69, 9.17) is 9.26 Å². The number of hydrogen-bond donors (Lipinski definition) is 1. The average Bonchev–Trinajstić information content (AvgIpc) is 3.47. The summed E-state index contributed by atoms with van der Waals surface area (Å²) in [6, 6.07) is 18.7. The lowest BCUT2D eigenvalue weighted by Crippen LogP contribution is -2.47. The first kappa shape index (κ1) is 26.2. The molecule has 9 nitrogen and oxygen atoms in total. The summed E-state index contributed by atoms with van der Waals surface area (Å²) in [5.41, 5.74) is 2.24. The highest BCUT2D eigenvalue weighted by atomic mass is 16.5. The Hall–Kier alpha value is -3.43. The Morgan fingerprint density at radius 2 is 1.79 bits per heavy atom. The van der Waals surface area contributed by atoms with Crippen molar-refractivity contribution in [2.24, 2.45) is 5.92 Å². The number of piperidine rings is 1. The number of piperazine rings is 1. The normalized spacial score (nSPS) is 18.9. The summed E-state index contributed by atoms with van der Waals surface area (Å²) in [6.07, 6.45) is 2.77. The van der Waals surface area contributed by atoms with Gasteiger partial charge in [-0.1, -0.05) is 35.5 Å². The van der Waals surface area contributed by atoms with Crippen LogP contribution in [0, 0.1) is 5.92 Å². The lowest BCUT2D eigenvalue weighted by molar-refractivity contribution is -0.125. The van der Waals surface area contributed by atoms with Crippen LogP contribution in [-0.2, 0) is 11.3 Å². The first-order valence-corrected chi connectivity index (χ1v) is 13.7. The second-order valence-electron chi connectivity index (χ2n) is 10.2. The Labute approximate surface area is 224 Å². The molecule has 2 aromatic carbocycles. The smallest absolute Gasteiger partial charge is 0.324 e. The van der Waals surface area contributed by atoms with E-state index in [-0.39, 0.29) is 11.8 Å². The summed E-state index contributed by atoms with van der Waals surface area (Å²) in [4.78, 5) is 24.5. The molecular weight excluding hydrogens is 480 g/mol. The van der Waals surface area contributed by atoms with E-state index in [1.165, 1.54) is 5.56 Å². The zero-order valence-electron chi connectivity index (χ0n) is 22.2. The lowest BCUT2D eigenvalue weighted by Gasteiger charge is -2.34. The molecule has 0 spiro atoms. The number of amides is 1. The minimum absolute atomic E-state index is 0.0679. The van der Waals surface area contributed by atoms with Crippen molar-refractivity contribution in [2.45, 2.75) is 25.8 Å². The number of methoxy groups -OCH3 is 1. The number of hydrogen-bond acceptors (Lipinski definition) is 8. The van der Waals surface area contributed by atoms with E-state index >= 15 is 0 Å². The van der Waals surface area contributed by atoms with Crippen LogP contribution in [0.15, 0.2) is 59.1 Å². The molecule has 0 saturated carbocycles. The summed E-state index contributed by atoms with van der Waals surface area (Å²) in [7, 11) is 1.64. The molecule has 202 valence electrons. The van der Waals surface area contributed by atoms with Gasteiger partial charge >= 0.3 is 6.01 Å². The minimum Gasteiger partial charge on any atom is -0.497 e. The Bertz CT molecular complexity index is 1140. The maximum absolute atomic E-state index is 12.9. The fourth-order valence-electron chi connectivity index (χ4n) is 5.24. The third-order valence-corrected chi connectivity index (χ3v) is 7.49. The molecule has 0 unspecified atom stereocenters. The van der Waals surface area contributed by atoms with E-state index in [1.807, 2.05) is 29.2 Å². The third kappa shape index (κ3) is 6.90. The van der Waals surface area contributed by atoms with Crippen LogP contribution in [0.5, 0.6) is 5.75 Å².